The van der Waals surface area contributed by atoms with Crippen LogP contribution in [0.4, 0.5) is 0 Å². The van der Waals surface area contributed by atoms with E-state index in [4.69, 9.17) is 0 Å². The first kappa shape index (κ1) is 21.0. The zero-order valence-electron chi connectivity index (χ0n) is 17.1. The van der Waals surface area contributed by atoms with Gasteiger partial charge in [-0.2, -0.15) is 0 Å². The minimum Gasteiger partial charge on any atom is -0.344 e. The number of fused-ring (bicyclic) bond motifs is 1. The minimum absolute atomic E-state index is 0.00962. The van der Waals surface area contributed by atoms with Crippen molar-refractivity contribution in [3.05, 3.63) is 35.4 Å². The fraction of sp³-hybridized carbons (Fsp3) is 0.545. The molecule has 1 aromatic carbocycles. The van der Waals surface area contributed by atoms with Gasteiger partial charge >= 0.3 is 0 Å². The Morgan fingerprint density at radius 1 is 1.00 bits per heavy atom. The van der Waals surface area contributed by atoms with E-state index in [1.54, 1.807) is 24.3 Å². The lowest BCUT2D eigenvalue weighted by Crippen LogP contribution is -2.52. The Balaban J connectivity index is 1.50. The molecule has 1 atom stereocenters. The molecule has 3 rings (SSSR count). The first-order valence-electron chi connectivity index (χ1n) is 10.4. The van der Waals surface area contributed by atoms with Crippen LogP contribution in [0.15, 0.2) is 24.3 Å². The zero-order valence-corrected chi connectivity index (χ0v) is 17.1. The molecular formula is C22H29N3O4. The number of amides is 4. The molecule has 0 aliphatic carbocycles. The summed E-state index contributed by atoms with van der Waals surface area (Å²) in [6.07, 6.45) is 3.67. The van der Waals surface area contributed by atoms with Gasteiger partial charge in [0, 0.05) is 26.1 Å². The minimum atomic E-state index is -0.542. The molecule has 7 nitrogen and oxygen atoms in total. The quantitative estimate of drug-likeness (QED) is 0.712. The van der Waals surface area contributed by atoms with Crippen LogP contribution in [0.5, 0.6) is 0 Å². The monoisotopic (exact) mass is 399 g/mol. The Hall–Kier alpha value is -2.70. The Morgan fingerprint density at radius 3 is 2.14 bits per heavy atom. The molecule has 1 aromatic rings. The van der Waals surface area contributed by atoms with Gasteiger partial charge in [-0.3, -0.25) is 24.1 Å². The molecule has 0 aromatic heterocycles. The third-order valence-electron chi connectivity index (χ3n) is 5.58. The highest BCUT2D eigenvalue weighted by molar-refractivity contribution is 6.21. The predicted molar refractivity (Wildman–Crippen MR) is 108 cm³/mol. The molecule has 2 heterocycles. The van der Waals surface area contributed by atoms with Crippen LogP contribution in [-0.2, 0) is 9.59 Å². The number of hydrogen-bond donors (Lipinski definition) is 1. The van der Waals surface area contributed by atoms with Gasteiger partial charge in [0.25, 0.3) is 11.8 Å². The lowest BCUT2D eigenvalue weighted by Gasteiger charge is -2.32. The number of rotatable bonds is 7. The molecule has 1 fully saturated rings. The van der Waals surface area contributed by atoms with E-state index in [1.807, 2.05) is 18.7 Å². The highest BCUT2D eigenvalue weighted by atomic mass is 16.2. The molecule has 156 valence electrons. The molecule has 1 saturated heterocycles. The second kappa shape index (κ2) is 9.20. The molecule has 29 heavy (non-hydrogen) atoms. The van der Waals surface area contributed by atoms with Crippen molar-refractivity contribution in [2.75, 3.05) is 19.6 Å². The maximum Gasteiger partial charge on any atom is 0.261 e. The maximum atomic E-state index is 12.8. The molecule has 0 bridgehead atoms. The van der Waals surface area contributed by atoms with Crippen LogP contribution in [0.2, 0.25) is 0 Å². The number of nitrogens with one attached hydrogen (secondary N) is 1. The topological polar surface area (TPSA) is 86.8 Å². The fourth-order valence-corrected chi connectivity index (χ4v) is 3.91. The molecule has 4 amide bonds. The van der Waals surface area contributed by atoms with E-state index < -0.39 is 6.04 Å². The summed E-state index contributed by atoms with van der Waals surface area (Å²) >= 11 is 0. The summed E-state index contributed by atoms with van der Waals surface area (Å²) in [4.78, 5) is 53.0. The van der Waals surface area contributed by atoms with Gasteiger partial charge in [0.15, 0.2) is 0 Å². The number of carbonyl (C=O) groups excluding carboxylic acids is 4. The van der Waals surface area contributed by atoms with Gasteiger partial charge in [-0.05, 0) is 43.7 Å². The average molecular weight is 399 g/mol. The number of hydrogen-bond acceptors (Lipinski definition) is 4. The van der Waals surface area contributed by atoms with Crippen molar-refractivity contribution in [1.82, 2.24) is 15.1 Å². The van der Waals surface area contributed by atoms with Crippen LogP contribution in [-0.4, -0.2) is 59.1 Å². The summed E-state index contributed by atoms with van der Waals surface area (Å²) in [6, 6.07) is 6.20. The summed E-state index contributed by atoms with van der Waals surface area (Å²) in [6.45, 7) is 5.53. The number of nitrogens with zero attached hydrogens (tertiary/aromatic N) is 2. The van der Waals surface area contributed by atoms with Gasteiger partial charge in [0.2, 0.25) is 11.8 Å². The molecule has 2 aliphatic rings. The second-order valence-electron chi connectivity index (χ2n) is 8.09. The highest BCUT2D eigenvalue weighted by Gasteiger charge is 2.35. The van der Waals surface area contributed by atoms with Crippen molar-refractivity contribution in [2.45, 2.75) is 52.0 Å². The summed E-state index contributed by atoms with van der Waals surface area (Å²) in [7, 11) is 0. The van der Waals surface area contributed by atoms with E-state index in [9.17, 15) is 19.2 Å². The van der Waals surface area contributed by atoms with Crippen LogP contribution < -0.4 is 5.32 Å². The third-order valence-corrected chi connectivity index (χ3v) is 5.58. The summed E-state index contributed by atoms with van der Waals surface area (Å²) in [5, 5.41) is 2.86. The van der Waals surface area contributed by atoms with Crippen LogP contribution in [0, 0.1) is 5.92 Å². The zero-order chi connectivity index (χ0) is 21.0. The van der Waals surface area contributed by atoms with Gasteiger partial charge in [0.05, 0.1) is 11.1 Å². The Bertz CT molecular complexity index is 764. The lowest BCUT2D eigenvalue weighted by atomic mass is 10.0. The van der Waals surface area contributed by atoms with Crippen molar-refractivity contribution in [3.8, 4) is 0 Å². The Labute approximate surface area is 171 Å². The smallest absolute Gasteiger partial charge is 0.261 e. The van der Waals surface area contributed by atoms with Crippen molar-refractivity contribution < 1.29 is 19.2 Å². The number of likely N-dealkylation sites (tertiary alicyclic amines) is 1. The number of benzene rings is 1. The molecule has 0 unspecified atom stereocenters. The van der Waals surface area contributed by atoms with Crippen molar-refractivity contribution in [1.29, 1.82) is 0 Å². The number of imide groups is 1. The van der Waals surface area contributed by atoms with E-state index in [1.165, 1.54) is 4.90 Å². The van der Waals surface area contributed by atoms with Gasteiger partial charge in [-0.15, -0.1) is 0 Å². The summed E-state index contributed by atoms with van der Waals surface area (Å²) in [5.74, 6) is -0.888. The maximum absolute atomic E-state index is 12.8. The molecule has 7 heteroatoms. The van der Waals surface area contributed by atoms with Gasteiger partial charge in [-0.25, -0.2) is 0 Å². The molecular weight excluding hydrogens is 370 g/mol. The van der Waals surface area contributed by atoms with E-state index in [0.29, 0.717) is 17.5 Å². The predicted octanol–water partition coefficient (Wildman–Crippen LogP) is 2.22. The molecule has 2 aliphatic heterocycles. The summed E-state index contributed by atoms with van der Waals surface area (Å²) in [5.41, 5.74) is 0.822. The summed E-state index contributed by atoms with van der Waals surface area (Å²) < 4.78 is 0. The van der Waals surface area contributed by atoms with E-state index in [2.05, 4.69) is 5.32 Å². The number of carbonyl (C=O) groups is 4. The van der Waals surface area contributed by atoms with Crippen LogP contribution in [0.25, 0.3) is 0 Å². The number of piperidine rings is 1. The first-order valence-corrected chi connectivity index (χ1v) is 10.4. The van der Waals surface area contributed by atoms with E-state index in [-0.39, 0.29) is 42.5 Å². The van der Waals surface area contributed by atoms with Crippen molar-refractivity contribution in [3.63, 3.8) is 0 Å². The van der Waals surface area contributed by atoms with Gasteiger partial charge in [-0.1, -0.05) is 26.0 Å². The van der Waals surface area contributed by atoms with E-state index >= 15 is 0 Å². The SMILES string of the molecule is CC(C)[C@@H](NC(=O)CCCN1C(=O)c2ccccc2C1=O)C(=O)N1CCCCC1. The molecule has 0 spiro atoms. The normalized spacial score (nSPS) is 17.5. The molecule has 0 radical (unpaired) electrons. The standard InChI is InChI=1S/C22H29N3O4/c1-15(2)19(22(29)24-12-6-3-7-13-24)23-18(26)11-8-14-25-20(27)16-9-4-5-10-17(16)21(25)28/h4-5,9-10,15,19H,3,6-8,11-14H2,1-2H3,(H,23,26)/t19-/m1/s1. The molecule has 1 N–H and O–H groups in total. The van der Waals surface area contributed by atoms with Crippen LogP contribution in [0.3, 0.4) is 0 Å². The van der Waals surface area contributed by atoms with Crippen LogP contribution >= 0.6 is 0 Å². The Kier molecular flexibility index (Phi) is 6.67. The van der Waals surface area contributed by atoms with Crippen LogP contribution in [0.1, 0.15) is 66.7 Å². The van der Waals surface area contributed by atoms with Gasteiger partial charge < -0.3 is 10.2 Å². The average Bonchev–Trinajstić information content (AvgIpc) is 2.97. The fourth-order valence-electron chi connectivity index (χ4n) is 3.91. The van der Waals surface area contributed by atoms with Crippen molar-refractivity contribution >= 4 is 23.6 Å². The first-order chi connectivity index (χ1) is 13.9. The van der Waals surface area contributed by atoms with Gasteiger partial charge in [0.1, 0.15) is 6.04 Å². The highest BCUT2D eigenvalue weighted by Crippen LogP contribution is 2.22. The molecule has 0 saturated carbocycles. The Morgan fingerprint density at radius 2 is 1.59 bits per heavy atom. The van der Waals surface area contributed by atoms with Crippen molar-refractivity contribution in [2.24, 2.45) is 5.92 Å². The second-order valence-corrected chi connectivity index (χ2v) is 8.09. The lowest BCUT2D eigenvalue weighted by molar-refractivity contribution is -0.138. The largest absolute Gasteiger partial charge is 0.344 e. The third kappa shape index (κ3) is 4.66. The van der Waals surface area contributed by atoms with E-state index in [0.717, 1.165) is 32.4 Å².